The van der Waals surface area contributed by atoms with Gasteiger partial charge in [-0.15, -0.1) is 0 Å². The summed E-state index contributed by atoms with van der Waals surface area (Å²) in [7, 11) is 6.16. The molecule has 5 nitrogen and oxygen atoms in total. The van der Waals surface area contributed by atoms with Gasteiger partial charge in [-0.1, -0.05) is 18.2 Å². The standard InChI is InChI=1S/C19H20O5/c1-21-16-9-5-7-13(18(16)23-3)11-12-15(20)14-8-6-10-17(22-2)19(14)24-4/h5-12H,1-4H3/b12-11+. The molecule has 0 fully saturated rings. The number of para-hydroxylation sites is 2. The molecule has 0 radical (unpaired) electrons. The van der Waals surface area contributed by atoms with Crippen molar-refractivity contribution in [1.82, 2.24) is 0 Å². The van der Waals surface area contributed by atoms with Crippen LogP contribution in [0.25, 0.3) is 6.08 Å². The first-order chi connectivity index (χ1) is 11.7. The van der Waals surface area contributed by atoms with E-state index < -0.39 is 0 Å². The van der Waals surface area contributed by atoms with Crippen molar-refractivity contribution in [2.45, 2.75) is 0 Å². The van der Waals surface area contributed by atoms with Crippen molar-refractivity contribution in [1.29, 1.82) is 0 Å². The summed E-state index contributed by atoms with van der Waals surface area (Å²) in [5.74, 6) is 1.89. The van der Waals surface area contributed by atoms with Crippen molar-refractivity contribution < 1.29 is 23.7 Å². The van der Waals surface area contributed by atoms with Gasteiger partial charge in [0, 0.05) is 5.56 Å². The zero-order valence-corrected chi connectivity index (χ0v) is 14.2. The van der Waals surface area contributed by atoms with E-state index in [-0.39, 0.29) is 5.78 Å². The van der Waals surface area contributed by atoms with Crippen LogP contribution in [0.15, 0.2) is 42.5 Å². The van der Waals surface area contributed by atoms with Crippen molar-refractivity contribution in [2.24, 2.45) is 0 Å². The van der Waals surface area contributed by atoms with E-state index in [1.165, 1.54) is 20.3 Å². The number of hydrogen-bond donors (Lipinski definition) is 0. The number of ether oxygens (including phenoxy) is 4. The second kappa shape index (κ2) is 8.06. The number of rotatable bonds is 7. The van der Waals surface area contributed by atoms with Gasteiger partial charge in [-0.25, -0.2) is 0 Å². The fourth-order valence-electron chi connectivity index (χ4n) is 2.38. The molecule has 126 valence electrons. The molecule has 2 aromatic rings. The maximum absolute atomic E-state index is 12.5. The van der Waals surface area contributed by atoms with Crippen LogP contribution in [0.3, 0.4) is 0 Å². The Balaban J connectivity index is 2.36. The first-order valence-corrected chi connectivity index (χ1v) is 7.30. The minimum absolute atomic E-state index is 0.198. The maximum atomic E-state index is 12.5. The van der Waals surface area contributed by atoms with Crippen molar-refractivity contribution in [3.63, 3.8) is 0 Å². The monoisotopic (exact) mass is 328 g/mol. The quantitative estimate of drug-likeness (QED) is 0.574. The van der Waals surface area contributed by atoms with Gasteiger partial charge in [0.1, 0.15) is 0 Å². The van der Waals surface area contributed by atoms with Gasteiger partial charge in [0.2, 0.25) is 0 Å². The Bertz CT molecular complexity index is 749. The smallest absolute Gasteiger partial charge is 0.189 e. The van der Waals surface area contributed by atoms with E-state index in [2.05, 4.69) is 0 Å². The highest BCUT2D eigenvalue weighted by atomic mass is 16.5. The molecular weight excluding hydrogens is 308 g/mol. The van der Waals surface area contributed by atoms with E-state index in [9.17, 15) is 4.79 Å². The number of methoxy groups -OCH3 is 4. The summed E-state index contributed by atoms with van der Waals surface area (Å²) in [5, 5.41) is 0. The van der Waals surface area contributed by atoms with E-state index in [0.717, 1.165) is 5.56 Å². The van der Waals surface area contributed by atoms with Crippen LogP contribution >= 0.6 is 0 Å². The number of carbonyl (C=O) groups is 1. The van der Waals surface area contributed by atoms with Gasteiger partial charge >= 0.3 is 0 Å². The Morgan fingerprint density at radius 2 is 1.38 bits per heavy atom. The Morgan fingerprint density at radius 3 is 1.96 bits per heavy atom. The summed E-state index contributed by atoms with van der Waals surface area (Å²) in [5.41, 5.74) is 1.17. The third kappa shape index (κ3) is 3.51. The molecule has 0 heterocycles. The molecule has 0 unspecified atom stereocenters. The van der Waals surface area contributed by atoms with Crippen LogP contribution in [-0.4, -0.2) is 34.2 Å². The second-order valence-corrected chi connectivity index (χ2v) is 4.82. The normalized spacial score (nSPS) is 10.5. The highest BCUT2D eigenvalue weighted by molar-refractivity contribution is 6.09. The third-order valence-corrected chi connectivity index (χ3v) is 3.52. The van der Waals surface area contributed by atoms with Crippen molar-refractivity contribution in [2.75, 3.05) is 28.4 Å². The van der Waals surface area contributed by atoms with Crippen LogP contribution in [0, 0.1) is 0 Å². The van der Waals surface area contributed by atoms with Crippen LogP contribution in [0.1, 0.15) is 15.9 Å². The average Bonchev–Trinajstić information content (AvgIpc) is 2.64. The molecule has 0 amide bonds. The summed E-state index contributed by atoms with van der Waals surface area (Å²) in [6, 6.07) is 10.6. The lowest BCUT2D eigenvalue weighted by molar-refractivity contribution is 0.104. The molecule has 0 atom stereocenters. The van der Waals surface area contributed by atoms with Crippen LogP contribution in [0.4, 0.5) is 0 Å². The number of hydrogen-bond acceptors (Lipinski definition) is 5. The van der Waals surface area contributed by atoms with E-state index in [1.807, 2.05) is 12.1 Å². The average molecular weight is 328 g/mol. The van der Waals surface area contributed by atoms with Crippen molar-refractivity contribution in [3.05, 3.63) is 53.6 Å². The maximum Gasteiger partial charge on any atom is 0.189 e. The zero-order valence-electron chi connectivity index (χ0n) is 14.2. The van der Waals surface area contributed by atoms with E-state index in [0.29, 0.717) is 28.6 Å². The third-order valence-electron chi connectivity index (χ3n) is 3.52. The molecule has 0 spiro atoms. The Hall–Kier alpha value is -2.95. The predicted octanol–water partition coefficient (Wildman–Crippen LogP) is 3.62. The Kier molecular flexibility index (Phi) is 5.84. The molecule has 0 aliphatic carbocycles. The Morgan fingerprint density at radius 1 is 0.792 bits per heavy atom. The topological polar surface area (TPSA) is 54.0 Å². The van der Waals surface area contributed by atoms with Crippen LogP contribution in [0.2, 0.25) is 0 Å². The SMILES string of the molecule is COc1cccc(/C=C/C(=O)c2cccc(OC)c2OC)c1OC. The minimum Gasteiger partial charge on any atom is -0.493 e. The lowest BCUT2D eigenvalue weighted by Gasteiger charge is -2.11. The molecule has 24 heavy (non-hydrogen) atoms. The highest BCUT2D eigenvalue weighted by Crippen LogP contribution is 2.33. The number of benzene rings is 2. The van der Waals surface area contributed by atoms with Gasteiger partial charge < -0.3 is 18.9 Å². The lowest BCUT2D eigenvalue weighted by Crippen LogP contribution is -2.01. The van der Waals surface area contributed by atoms with E-state index >= 15 is 0 Å². The van der Waals surface area contributed by atoms with Crippen molar-refractivity contribution in [3.8, 4) is 23.0 Å². The van der Waals surface area contributed by atoms with E-state index in [1.54, 1.807) is 44.6 Å². The molecule has 5 heteroatoms. The molecule has 0 N–H and O–H groups in total. The summed E-state index contributed by atoms with van der Waals surface area (Å²) in [6.07, 6.45) is 3.15. The summed E-state index contributed by atoms with van der Waals surface area (Å²) < 4.78 is 21.1. The van der Waals surface area contributed by atoms with Gasteiger partial charge in [-0.3, -0.25) is 4.79 Å². The molecule has 2 rings (SSSR count). The second-order valence-electron chi connectivity index (χ2n) is 4.82. The number of ketones is 1. The van der Waals surface area contributed by atoms with Gasteiger partial charge in [0.25, 0.3) is 0 Å². The number of allylic oxidation sites excluding steroid dienone is 1. The van der Waals surface area contributed by atoms with Crippen molar-refractivity contribution >= 4 is 11.9 Å². The summed E-state index contributed by atoms with van der Waals surface area (Å²) in [4.78, 5) is 12.5. The molecule has 0 aromatic heterocycles. The molecular formula is C19H20O5. The fourth-order valence-corrected chi connectivity index (χ4v) is 2.38. The van der Waals surface area contributed by atoms with Gasteiger partial charge in [-0.2, -0.15) is 0 Å². The first-order valence-electron chi connectivity index (χ1n) is 7.30. The first kappa shape index (κ1) is 17.4. The molecule has 2 aromatic carbocycles. The largest absolute Gasteiger partial charge is 0.493 e. The Labute approximate surface area is 141 Å². The van der Waals surface area contributed by atoms with E-state index in [4.69, 9.17) is 18.9 Å². The molecule has 0 aliphatic heterocycles. The highest BCUT2D eigenvalue weighted by Gasteiger charge is 2.14. The predicted molar refractivity (Wildman–Crippen MR) is 92.5 cm³/mol. The minimum atomic E-state index is -0.198. The summed E-state index contributed by atoms with van der Waals surface area (Å²) in [6.45, 7) is 0. The lowest BCUT2D eigenvalue weighted by atomic mass is 10.1. The molecule has 0 bridgehead atoms. The zero-order chi connectivity index (χ0) is 17.5. The summed E-state index contributed by atoms with van der Waals surface area (Å²) >= 11 is 0. The van der Waals surface area contributed by atoms with Crippen LogP contribution < -0.4 is 18.9 Å². The molecule has 0 aliphatic rings. The van der Waals surface area contributed by atoms with Crippen LogP contribution in [-0.2, 0) is 0 Å². The van der Waals surface area contributed by atoms with Gasteiger partial charge in [-0.05, 0) is 30.4 Å². The fraction of sp³-hybridized carbons (Fsp3) is 0.211. The molecule has 0 saturated carbocycles. The van der Waals surface area contributed by atoms with Crippen LogP contribution in [0.5, 0.6) is 23.0 Å². The van der Waals surface area contributed by atoms with Gasteiger partial charge in [0.05, 0.1) is 34.0 Å². The number of carbonyl (C=O) groups excluding carboxylic acids is 1. The molecule has 0 saturated heterocycles. The van der Waals surface area contributed by atoms with Gasteiger partial charge in [0.15, 0.2) is 28.8 Å².